The molecule has 148 valence electrons. The molecular formula is C20H33ClN2O2S. The van der Waals surface area contributed by atoms with Gasteiger partial charge >= 0.3 is 0 Å². The van der Waals surface area contributed by atoms with Crippen molar-refractivity contribution in [2.45, 2.75) is 75.8 Å². The first kappa shape index (κ1) is 21.7. The summed E-state index contributed by atoms with van der Waals surface area (Å²) in [4.78, 5) is 2.96. The van der Waals surface area contributed by atoms with Crippen molar-refractivity contribution in [1.82, 2.24) is 9.21 Å². The minimum atomic E-state index is -3.34. The molecule has 1 aromatic carbocycles. The number of halogens is 1. The smallest absolute Gasteiger partial charge is 0.243 e. The molecule has 2 saturated heterocycles. The zero-order valence-corrected chi connectivity index (χ0v) is 17.7. The fraction of sp³-hybridized carbons (Fsp3) is 0.700. The fourth-order valence-electron chi connectivity index (χ4n) is 4.22. The lowest BCUT2D eigenvalue weighted by Gasteiger charge is -2.33. The number of fused-ring (bicyclic) bond motifs is 2. The summed E-state index contributed by atoms with van der Waals surface area (Å²) in [7, 11) is -3.34. The SMILES string of the molecule is CCCCCCCCN1C[C@@H]2C[C@H]1CN2S(=O)(=O)c1ccc(C)cc1.Cl. The van der Waals surface area contributed by atoms with E-state index in [2.05, 4.69) is 11.8 Å². The summed E-state index contributed by atoms with van der Waals surface area (Å²) >= 11 is 0. The maximum atomic E-state index is 12.9. The summed E-state index contributed by atoms with van der Waals surface area (Å²) in [5.74, 6) is 0. The van der Waals surface area contributed by atoms with Crippen LogP contribution in [0.2, 0.25) is 0 Å². The molecule has 2 fully saturated rings. The van der Waals surface area contributed by atoms with Crippen molar-refractivity contribution in [3.63, 3.8) is 0 Å². The maximum absolute atomic E-state index is 12.9. The van der Waals surface area contributed by atoms with Gasteiger partial charge in [0.15, 0.2) is 0 Å². The summed E-state index contributed by atoms with van der Waals surface area (Å²) in [5, 5.41) is 0. The van der Waals surface area contributed by atoms with E-state index in [0.29, 0.717) is 17.5 Å². The molecule has 0 aliphatic carbocycles. The van der Waals surface area contributed by atoms with Crippen LogP contribution in [0.25, 0.3) is 0 Å². The van der Waals surface area contributed by atoms with Gasteiger partial charge in [0.25, 0.3) is 0 Å². The van der Waals surface area contributed by atoms with Crippen LogP contribution in [0.5, 0.6) is 0 Å². The zero-order chi connectivity index (χ0) is 17.9. The van der Waals surface area contributed by atoms with Gasteiger partial charge in [-0.05, 0) is 38.4 Å². The van der Waals surface area contributed by atoms with Crippen LogP contribution >= 0.6 is 12.4 Å². The Hall–Kier alpha value is -0.620. The molecule has 3 rings (SSSR count). The quantitative estimate of drug-likeness (QED) is 0.582. The Morgan fingerprint density at radius 1 is 0.962 bits per heavy atom. The van der Waals surface area contributed by atoms with Crippen LogP contribution in [-0.4, -0.2) is 49.3 Å². The van der Waals surface area contributed by atoms with Crippen molar-refractivity contribution in [3.8, 4) is 0 Å². The van der Waals surface area contributed by atoms with Gasteiger partial charge in [0, 0.05) is 25.2 Å². The number of likely N-dealkylation sites (tertiary alicyclic amines) is 1. The average molecular weight is 401 g/mol. The zero-order valence-electron chi connectivity index (χ0n) is 16.1. The third kappa shape index (κ3) is 4.80. The maximum Gasteiger partial charge on any atom is 0.243 e. The number of hydrogen-bond donors (Lipinski definition) is 0. The molecule has 4 nitrogen and oxygen atoms in total. The van der Waals surface area contributed by atoms with Crippen LogP contribution in [0.1, 0.15) is 57.4 Å². The second-order valence-electron chi connectivity index (χ2n) is 7.69. The Balaban J connectivity index is 0.00000243. The van der Waals surface area contributed by atoms with E-state index in [1.807, 2.05) is 19.1 Å². The minimum absolute atomic E-state index is 0. The van der Waals surface area contributed by atoms with Gasteiger partial charge in [-0.3, -0.25) is 4.90 Å². The first-order chi connectivity index (χ1) is 12.0. The Kier molecular flexibility index (Phi) is 7.95. The van der Waals surface area contributed by atoms with Gasteiger partial charge in [-0.2, -0.15) is 4.31 Å². The third-order valence-corrected chi connectivity index (χ3v) is 7.66. The number of nitrogens with zero attached hydrogens (tertiary/aromatic N) is 2. The van der Waals surface area contributed by atoms with Crippen molar-refractivity contribution >= 4 is 22.4 Å². The molecule has 0 spiro atoms. The molecule has 2 bridgehead atoms. The van der Waals surface area contributed by atoms with Crippen LogP contribution in [0.15, 0.2) is 29.2 Å². The molecule has 0 aromatic heterocycles. The highest BCUT2D eigenvalue weighted by atomic mass is 35.5. The third-order valence-electron chi connectivity index (χ3n) is 5.73. The highest BCUT2D eigenvalue weighted by Crippen LogP contribution is 2.35. The van der Waals surface area contributed by atoms with E-state index in [-0.39, 0.29) is 18.4 Å². The van der Waals surface area contributed by atoms with E-state index in [1.54, 1.807) is 16.4 Å². The molecule has 1 aromatic rings. The average Bonchev–Trinajstić information content (AvgIpc) is 3.19. The van der Waals surface area contributed by atoms with Gasteiger partial charge < -0.3 is 0 Å². The summed E-state index contributed by atoms with van der Waals surface area (Å²) in [6, 6.07) is 7.82. The highest BCUT2D eigenvalue weighted by molar-refractivity contribution is 7.89. The summed E-state index contributed by atoms with van der Waals surface area (Å²) < 4.78 is 27.6. The Morgan fingerprint density at radius 2 is 1.62 bits per heavy atom. The molecule has 0 amide bonds. The second-order valence-corrected chi connectivity index (χ2v) is 9.58. The van der Waals surface area contributed by atoms with Crippen molar-refractivity contribution < 1.29 is 8.42 Å². The van der Waals surface area contributed by atoms with Gasteiger partial charge in [-0.25, -0.2) is 8.42 Å². The van der Waals surface area contributed by atoms with Crippen molar-refractivity contribution in [2.24, 2.45) is 0 Å². The first-order valence-corrected chi connectivity index (χ1v) is 11.3. The predicted molar refractivity (Wildman–Crippen MR) is 109 cm³/mol. The molecule has 26 heavy (non-hydrogen) atoms. The topological polar surface area (TPSA) is 40.6 Å². The van der Waals surface area contributed by atoms with Crippen molar-refractivity contribution in [2.75, 3.05) is 19.6 Å². The molecule has 2 heterocycles. The first-order valence-electron chi connectivity index (χ1n) is 9.85. The normalized spacial score (nSPS) is 23.3. The summed E-state index contributed by atoms with van der Waals surface area (Å²) in [6.45, 7) is 6.93. The standard InChI is InChI=1S/C20H32N2O2S.ClH/c1-3-4-5-6-7-8-13-21-15-19-14-18(21)16-22(19)25(23,24)20-11-9-17(2)10-12-20;/h9-12,18-19H,3-8,13-16H2,1-2H3;1H/t18-,19-;/m0./s1. The number of piperazine rings is 1. The van der Waals surface area contributed by atoms with Crippen LogP contribution in [-0.2, 0) is 10.0 Å². The van der Waals surface area contributed by atoms with Gasteiger partial charge in [0.1, 0.15) is 0 Å². The molecule has 2 aliphatic heterocycles. The molecule has 0 radical (unpaired) electrons. The van der Waals surface area contributed by atoms with E-state index in [4.69, 9.17) is 0 Å². The molecule has 2 aliphatic rings. The lowest BCUT2D eigenvalue weighted by atomic mass is 10.1. The van der Waals surface area contributed by atoms with E-state index < -0.39 is 10.0 Å². The Bertz CT molecular complexity index is 663. The molecule has 6 heteroatoms. The van der Waals surface area contributed by atoms with Crippen LogP contribution < -0.4 is 0 Å². The molecule has 0 saturated carbocycles. The highest BCUT2D eigenvalue weighted by Gasteiger charge is 2.47. The van der Waals surface area contributed by atoms with Gasteiger partial charge in [-0.1, -0.05) is 56.7 Å². The second kappa shape index (κ2) is 9.54. The van der Waals surface area contributed by atoms with E-state index in [1.165, 1.54) is 38.5 Å². The van der Waals surface area contributed by atoms with E-state index in [0.717, 1.165) is 25.1 Å². The molecule has 0 N–H and O–H groups in total. The van der Waals surface area contributed by atoms with Crippen molar-refractivity contribution in [1.29, 1.82) is 0 Å². The number of hydrogen-bond acceptors (Lipinski definition) is 3. The van der Waals surface area contributed by atoms with Crippen LogP contribution in [0.3, 0.4) is 0 Å². The number of rotatable bonds is 9. The lowest BCUT2D eigenvalue weighted by molar-refractivity contribution is 0.178. The lowest BCUT2D eigenvalue weighted by Crippen LogP contribution is -2.48. The molecular weight excluding hydrogens is 368 g/mol. The molecule has 0 unspecified atom stereocenters. The Morgan fingerprint density at radius 3 is 2.23 bits per heavy atom. The van der Waals surface area contributed by atoms with E-state index in [9.17, 15) is 8.42 Å². The van der Waals surface area contributed by atoms with Gasteiger partial charge in [-0.15, -0.1) is 12.4 Å². The van der Waals surface area contributed by atoms with Gasteiger partial charge in [0.2, 0.25) is 10.0 Å². The molecule has 2 atom stereocenters. The van der Waals surface area contributed by atoms with Gasteiger partial charge in [0.05, 0.1) is 4.90 Å². The van der Waals surface area contributed by atoms with E-state index >= 15 is 0 Å². The monoisotopic (exact) mass is 400 g/mol. The minimum Gasteiger partial charge on any atom is -0.297 e. The number of unbranched alkanes of at least 4 members (excludes halogenated alkanes) is 5. The Labute approximate surface area is 165 Å². The van der Waals surface area contributed by atoms with Crippen LogP contribution in [0.4, 0.5) is 0 Å². The predicted octanol–water partition coefficient (Wildman–Crippen LogP) is 4.22. The van der Waals surface area contributed by atoms with Crippen LogP contribution in [0, 0.1) is 6.92 Å². The summed E-state index contributed by atoms with van der Waals surface area (Å²) in [5.41, 5.74) is 1.09. The number of aryl methyl sites for hydroxylation is 1. The largest absolute Gasteiger partial charge is 0.297 e. The summed E-state index contributed by atoms with van der Waals surface area (Å²) in [6.07, 6.45) is 8.88. The number of sulfonamides is 1. The van der Waals surface area contributed by atoms with Crippen molar-refractivity contribution in [3.05, 3.63) is 29.8 Å². The number of benzene rings is 1. The fourth-order valence-corrected chi connectivity index (χ4v) is 5.89.